The zero-order chi connectivity index (χ0) is 12.7. The van der Waals surface area contributed by atoms with Gasteiger partial charge in [0.2, 0.25) is 0 Å². The molecule has 1 aliphatic rings. The van der Waals surface area contributed by atoms with Crippen molar-refractivity contribution < 1.29 is 0 Å². The maximum absolute atomic E-state index is 6.63. The Bertz CT molecular complexity index is 588. The molecule has 0 nitrogen and oxygen atoms in total. The second-order valence-corrected chi connectivity index (χ2v) is 7.39. The van der Waals surface area contributed by atoms with Gasteiger partial charge in [0.15, 0.2) is 0 Å². The van der Waals surface area contributed by atoms with Crippen molar-refractivity contribution in [1.82, 2.24) is 0 Å². The summed E-state index contributed by atoms with van der Waals surface area (Å²) in [5.74, 6) is 0. The first-order valence-electron chi connectivity index (χ1n) is 6.17. The van der Waals surface area contributed by atoms with Crippen LogP contribution >= 0.6 is 38.9 Å². The SMILES string of the molecule is Cc1cc(Br)c(C(Cl)c2ccc3c(c2)CCC3)s1. The number of aryl methyl sites for hydroxylation is 3. The van der Waals surface area contributed by atoms with Crippen LogP contribution in [0.1, 0.15) is 38.2 Å². The fourth-order valence-corrected chi connectivity index (χ4v) is 4.98. The van der Waals surface area contributed by atoms with Crippen molar-refractivity contribution in [3.05, 3.63) is 55.2 Å². The average molecular weight is 342 g/mol. The first-order chi connectivity index (χ1) is 8.65. The molecule has 0 bridgehead atoms. The highest BCUT2D eigenvalue weighted by atomic mass is 79.9. The molecule has 3 heteroatoms. The summed E-state index contributed by atoms with van der Waals surface area (Å²) in [6, 6.07) is 8.87. The minimum Gasteiger partial charge on any atom is -0.143 e. The van der Waals surface area contributed by atoms with Crippen LogP contribution in [0.2, 0.25) is 0 Å². The molecule has 1 heterocycles. The summed E-state index contributed by atoms with van der Waals surface area (Å²) >= 11 is 12.0. The maximum atomic E-state index is 6.63. The highest BCUT2D eigenvalue weighted by Crippen LogP contribution is 2.40. The maximum Gasteiger partial charge on any atom is 0.0939 e. The topological polar surface area (TPSA) is 0 Å². The molecule has 0 saturated heterocycles. The summed E-state index contributed by atoms with van der Waals surface area (Å²) in [7, 11) is 0. The summed E-state index contributed by atoms with van der Waals surface area (Å²) < 4.78 is 1.13. The molecule has 18 heavy (non-hydrogen) atoms. The second-order valence-electron chi connectivity index (χ2n) is 4.81. The molecular weight excluding hydrogens is 328 g/mol. The van der Waals surface area contributed by atoms with E-state index in [1.807, 2.05) is 0 Å². The zero-order valence-corrected chi connectivity index (χ0v) is 13.3. The largest absolute Gasteiger partial charge is 0.143 e. The number of halogens is 2. The molecule has 1 atom stereocenters. The molecular formula is C15H14BrClS. The molecule has 1 aromatic carbocycles. The van der Waals surface area contributed by atoms with Crippen molar-refractivity contribution in [2.75, 3.05) is 0 Å². The molecule has 0 fully saturated rings. The first kappa shape index (κ1) is 12.7. The third kappa shape index (κ3) is 2.26. The van der Waals surface area contributed by atoms with Crippen LogP contribution in [0.3, 0.4) is 0 Å². The van der Waals surface area contributed by atoms with Crippen LogP contribution in [-0.4, -0.2) is 0 Å². The number of hydrogen-bond acceptors (Lipinski definition) is 1. The molecule has 0 radical (unpaired) electrons. The van der Waals surface area contributed by atoms with Crippen molar-refractivity contribution >= 4 is 38.9 Å². The van der Waals surface area contributed by atoms with Gasteiger partial charge in [-0.1, -0.05) is 18.2 Å². The third-order valence-corrected chi connectivity index (χ3v) is 6.12. The van der Waals surface area contributed by atoms with Gasteiger partial charge < -0.3 is 0 Å². The van der Waals surface area contributed by atoms with Crippen LogP contribution < -0.4 is 0 Å². The van der Waals surface area contributed by atoms with E-state index in [1.54, 1.807) is 11.3 Å². The Morgan fingerprint density at radius 1 is 1.22 bits per heavy atom. The molecule has 1 aliphatic carbocycles. The van der Waals surface area contributed by atoms with Crippen LogP contribution in [0, 0.1) is 6.92 Å². The van der Waals surface area contributed by atoms with E-state index in [9.17, 15) is 0 Å². The lowest BCUT2D eigenvalue weighted by molar-refractivity contribution is 0.911. The van der Waals surface area contributed by atoms with Gasteiger partial charge in [0.25, 0.3) is 0 Å². The molecule has 0 spiro atoms. The first-order valence-corrected chi connectivity index (χ1v) is 8.21. The van der Waals surface area contributed by atoms with Crippen LogP contribution in [-0.2, 0) is 12.8 Å². The summed E-state index contributed by atoms with van der Waals surface area (Å²) in [5.41, 5.74) is 4.21. The fourth-order valence-electron chi connectivity index (χ4n) is 2.57. The van der Waals surface area contributed by atoms with E-state index in [0.717, 1.165) is 4.47 Å². The van der Waals surface area contributed by atoms with E-state index in [4.69, 9.17) is 11.6 Å². The van der Waals surface area contributed by atoms with Gasteiger partial charge in [-0.15, -0.1) is 22.9 Å². The van der Waals surface area contributed by atoms with Crippen LogP contribution in [0.5, 0.6) is 0 Å². The van der Waals surface area contributed by atoms with Gasteiger partial charge in [-0.2, -0.15) is 0 Å². The highest BCUT2D eigenvalue weighted by Gasteiger charge is 2.19. The van der Waals surface area contributed by atoms with Crippen molar-refractivity contribution in [2.45, 2.75) is 31.6 Å². The molecule has 0 aliphatic heterocycles. The molecule has 2 aromatic rings. The number of benzene rings is 1. The number of alkyl halides is 1. The molecule has 1 unspecified atom stereocenters. The Morgan fingerprint density at radius 2 is 2.00 bits per heavy atom. The Labute approximate surface area is 125 Å². The van der Waals surface area contributed by atoms with Crippen molar-refractivity contribution in [3.8, 4) is 0 Å². The molecule has 0 amide bonds. The standard InChI is InChI=1S/C15H14BrClS/c1-9-7-13(16)15(18-9)14(17)12-6-5-10-3-2-4-11(10)8-12/h5-8,14H,2-4H2,1H3. The minimum atomic E-state index is -0.0380. The van der Waals surface area contributed by atoms with Crippen LogP contribution in [0.15, 0.2) is 28.7 Å². The zero-order valence-electron chi connectivity index (χ0n) is 10.2. The van der Waals surface area contributed by atoms with E-state index < -0.39 is 0 Å². The van der Waals surface area contributed by atoms with E-state index in [2.05, 4.69) is 47.1 Å². The lowest BCUT2D eigenvalue weighted by Crippen LogP contribution is -1.93. The second kappa shape index (κ2) is 4.99. The van der Waals surface area contributed by atoms with E-state index >= 15 is 0 Å². The van der Waals surface area contributed by atoms with Crippen molar-refractivity contribution in [2.24, 2.45) is 0 Å². The summed E-state index contributed by atoms with van der Waals surface area (Å²) in [6.45, 7) is 2.12. The number of rotatable bonds is 2. The molecule has 0 N–H and O–H groups in total. The molecule has 0 saturated carbocycles. The minimum absolute atomic E-state index is 0.0380. The quantitative estimate of drug-likeness (QED) is 0.620. The van der Waals surface area contributed by atoms with Gasteiger partial charge in [0, 0.05) is 14.2 Å². The van der Waals surface area contributed by atoms with Gasteiger partial charge in [-0.3, -0.25) is 0 Å². The summed E-state index contributed by atoms with van der Waals surface area (Å²) in [5, 5.41) is -0.0380. The van der Waals surface area contributed by atoms with Gasteiger partial charge in [-0.25, -0.2) is 0 Å². The Balaban J connectivity index is 1.97. The fraction of sp³-hybridized carbons (Fsp3) is 0.333. The van der Waals surface area contributed by atoms with E-state index in [-0.39, 0.29) is 5.38 Å². The smallest absolute Gasteiger partial charge is 0.0939 e. The predicted molar refractivity (Wildman–Crippen MR) is 82.9 cm³/mol. The molecule has 3 rings (SSSR count). The van der Waals surface area contributed by atoms with Crippen LogP contribution in [0.4, 0.5) is 0 Å². The third-order valence-electron chi connectivity index (χ3n) is 3.48. The van der Waals surface area contributed by atoms with Gasteiger partial charge in [0.1, 0.15) is 0 Å². The lowest BCUT2D eigenvalue weighted by atomic mass is 10.0. The highest BCUT2D eigenvalue weighted by molar-refractivity contribution is 9.10. The Hall–Kier alpha value is -0.310. The molecule has 1 aromatic heterocycles. The van der Waals surface area contributed by atoms with Gasteiger partial charge in [-0.05, 0) is 64.9 Å². The Morgan fingerprint density at radius 3 is 2.72 bits per heavy atom. The van der Waals surface area contributed by atoms with Crippen molar-refractivity contribution in [3.63, 3.8) is 0 Å². The monoisotopic (exact) mass is 340 g/mol. The lowest BCUT2D eigenvalue weighted by Gasteiger charge is -2.11. The molecule has 94 valence electrons. The van der Waals surface area contributed by atoms with Crippen LogP contribution in [0.25, 0.3) is 0 Å². The summed E-state index contributed by atoms with van der Waals surface area (Å²) in [6.07, 6.45) is 3.72. The van der Waals surface area contributed by atoms with E-state index in [1.165, 1.54) is 45.7 Å². The predicted octanol–water partition coefficient (Wildman–Crippen LogP) is 5.64. The average Bonchev–Trinajstić information content (AvgIpc) is 2.93. The van der Waals surface area contributed by atoms with Gasteiger partial charge >= 0.3 is 0 Å². The van der Waals surface area contributed by atoms with Gasteiger partial charge in [0.05, 0.1) is 5.38 Å². The van der Waals surface area contributed by atoms with Crippen molar-refractivity contribution in [1.29, 1.82) is 0 Å². The number of thiophene rings is 1. The summed E-state index contributed by atoms with van der Waals surface area (Å²) in [4.78, 5) is 2.51. The number of hydrogen-bond donors (Lipinski definition) is 0. The Kier molecular flexibility index (Phi) is 3.52. The number of fused-ring (bicyclic) bond motifs is 1. The van der Waals surface area contributed by atoms with E-state index in [0.29, 0.717) is 0 Å². The normalized spacial score (nSPS) is 15.7.